The van der Waals surface area contributed by atoms with Gasteiger partial charge >= 0.3 is 0 Å². The van der Waals surface area contributed by atoms with E-state index in [4.69, 9.17) is 5.73 Å². The Morgan fingerprint density at radius 3 is 2.44 bits per heavy atom. The number of carbonyl (C=O) groups is 1. The maximum Gasteiger partial charge on any atom is 0.255 e. The lowest BCUT2D eigenvalue weighted by molar-refractivity contribution is 0.0951. The third-order valence-electron chi connectivity index (χ3n) is 5.01. The molecule has 1 aromatic carbocycles. The first-order valence-corrected chi connectivity index (χ1v) is 10.3. The van der Waals surface area contributed by atoms with Gasteiger partial charge < -0.3 is 16.4 Å². The number of anilines is 2. The van der Waals surface area contributed by atoms with Gasteiger partial charge in [0.1, 0.15) is 23.5 Å². The van der Waals surface area contributed by atoms with Gasteiger partial charge in [-0.05, 0) is 41.0 Å². The number of nitrogens with two attached hydrogens (primary N) is 1. The average Bonchev–Trinajstić information content (AvgIpc) is 2.87. The first-order valence-electron chi connectivity index (χ1n) is 10.3. The van der Waals surface area contributed by atoms with Crippen LogP contribution in [0.2, 0.25) is 0 Å². The first kappa shape index (κ1) is 22.4. The highest BCUT2D eigenvalue weighted by atomic mass is 19.1. The van der Waals surface area contributed by atoms with E-state index in [1.807, 2.05) is 36.4 Å². The molecule has 4 rings (SSSR count). The van der Waals surface area contributed by atoms with E-state index in [-0.39, 0.29) is 17.7 Å². The number of nitrogens with one attached hydrogen (secondary N) is 2. The lowest BCUT2D eigenvalue weighted by Crippen LogP contribution is -2.24. The van der Waals surface area contributed by atoms with Crippen molar-refractivity contribution in [1.29, 1.82) is 5.26 Å². The number of carbonyl (C=O) groups excluding carboxylic acids is 1. The van der Waals surface area contributed by atoms with Crippen molar-refractivity contribution in [1.82, 2.24) is 20.3 Å². The van der Waals surface area contributed by atoms with E-state index in [1.165, 1.54) is 24.5 Å². The van der Waals surface area contributed by atoms with Crippen LogP contribution in [0.15, 0.2) is 73.3 Å². The molecule has 0 unspecified atom stereocenters. The van der Waals surface area contributed by atoms with Crippen molar-refractivity contribution in [3.8, 4) is 17.2 Å². The van der Waals surface area contributed by atoms with E-state index in [2.05, 4.69) is 25.6 Å². The number of halogens is 1. The van der Waals surface area contributed by atoms with Crippen LogP contribution in [0.5, 0.6) is 0 Å². The third-order valence-corrected chi connectivity index (χ3v) is 5.01. The van der Waals surface area contributed by atoms with Gasteiger partial charge in [0.15, 0.2) is 0 Å². The van der Waals surface area contributed by atoms with E-state index in [0.717, 1.165) is 22.9 Å². The Balaban J connectivity index is 1.45. The van der Waals surface area contributed by atoms with Gasteiger partial charge in [-0.25, -0.2) is 14.4 Å². The van der Waals surface area contributed by atoms with E-state index in [0.29, 0.717) is 23.7 Å². The van der Waals surface area contributed by atoms with E-state index in [9.17, 15) is 14.4 Å². The second-order valence-electron chi connectivity index (χ2n) is 7.45. The maximum atomic E-state index is 13.3. The van der Waals surface area contributed by atoms with Gasteiger partial charge in [0, 0.05) is 37.2 Å². The van der Waals surface area contributed by atoms with Crippen molar-refractivity contribution in [2.45, 2.75) is 13.1 Å². The number of rotatable bonds is 7. The van der Waals surface area contributed by atoms with Crippen LogP contribution in [0, 0.1) is 17.1 Å². The summed E-state index contributed by atoms with van der Waals surface area (Å²) in [6, 6.07) is 16.2. The standard InChI is InChI=1S/C25H20FN7O/c26-21-7-18(10-29-15-21)13-33-25(34)22-8-17(9-27)12-32-24(22)31-11-16-1-3-19(4-2-16)20-5-6-23(28)30-14-20/h1-8,10,12,14-15H,11,13H2,(H2,28,30)(H,31,32)(H,33,34). The molecule has 0 aliphatic carbocycles. The quantitative estimate of drug-likeness (QED) is 0.389. The lowest BCUT2D eigenvalue weighted by Gasteiger charge is -2.12. The summed E-state index contributed by atoms with van der Waals surface area (Å²) in [6.45, 7) is 0.495. The van der Waals surface area contributed by atoms with Crippen molar-refractivity contribution < 1.29 is 9.18 Å². The van der Waals surface area contributed by atoms with Crippen LogP contribution in [-0.4, -0.2) is 20.9 Å². The molecule has 0 radical (unpaired) electrons. The number of pyridine rings is 3. The summed E-state index contributed by atoms with van der Waals surface area (Å²) in [6.07, 6.45) is 5.67. The smallest absolute Gasteiger partial charge is 0.255 e. The fourth-order valence-electron chi connectivity index (χ4n) is 3.25. The number of benzene rings is 1. The molecule has 0 atom stereocenters. The van der Waals surface area contributed by atoms with E-state index in [1.54, 1.807) is 12.3 Å². The first-order chi connectivity index (χ1) is 16.5. The summed E-state index contributed by atoms with van der Waals surface area (Å²) >= 11 is 0. The summed E-state index contributed by atoms with van der Waals surface area (Å²) in [5.74, 6) is -0.129. The number of nitrogens with zero attached hydrogens (tertiary/aromatic N) is 4. The molecular weight excluding hydrogens is 433 g/mol. The molecule has 3 aromatic heterocycles. The van der Waals surface area contributed by atoms with Gasteiger partial charge in [-0.2, -0.15) is 5.26 Å². The normalized spacial score (nSPS) is 10.4. The number of amides is 1. The zero-order valence-corrected chi connectivity index (χ0v) is 18.0. The predicted molar refractivity (Wildman–Crippen MR) is 126 cm³/mol. The van der Waals surface area contributed by atoms with Crippen LogP contribution in [0.4, 0.5) is 16.0 Å². The fraction of sp³-hybridized carbons (Fsp3) is 0.0800. The Morgan fingerprint density at radius 2 is 1.74 bits per heavy atom. The van der Waals surface area contributed by atoms with Gasteiger partial charge in [0.25, 0.3) is 5.91 Å². The number of aromatic nitrogens is 3. The van der Waals surface area contributed by atoms with Gasteiger partial charge in [0.2, 0.25) is 0 Å². The molecular formula is C25H20FN7O. The van der Waals surface area contributed by atoms with Crippen molar-refractivity contribution in [2.24, 2.45) is 0 Å². The minimum absolute atomic E-state index is 0.0846. The summed E-state index contributed by atoms with van der Waals surface area (Å²) in [5, 5.41) is 15.1. The minimum Gasteiger partial charge on any atom is -0.384 e. The van der Waals surface area contributed by atoms with Crippen molar-refractivity contribution in [2.75, 3.05) is 11.1 Å². The molecule has 9 heteroatoms. The highest BCUT2D eigenvalue weighted by Crippen LogP contribution is 2.21. The van der Waals surface area contributed by atoms with E-state index < -0.39 is 11.7 Å². The molecule has 4 N–H and O–H groups in total. The third kappa shape index (κ3) is 5.49. The van der Waals surface area contributed by atoms with Gasteiger partial charge in [-0.15, -0.1) is 0 Å². The Kier molecular flexibility index (Phi) is 6.70. The SMILES string of the molecule is N#Cc1cnc(NCc2ccc(-c3ccc(N)nc3)cc2)c(C(=O)NCc2cncc(F)c2)c1. The molecule has 8 nitrogen and oxygen atoms in total. The van der Waals surface area contributed by atoms with Crippen LogP contribution in [0.3, 0.4) is 0 Å². The van der Waals surface area contributed by atoms with Gasteiger partial charge in [-0.3, -0.25) is 9.78 Å². The Morgan fingerprint density at radius 1 is 0.941 bits per heavy atom. The number of nitrogen functional groups attached to an aromatic ring is 1. The molecule has 168 valence electrons. The van der Waals surface area contributed by atoms with Gasteiger partial charge in [0.05, 0.1) is 17.3 Å². The Hall–Kier alpha value is -4.84. The molecule has 0 saturated heterocycles. The Labute approximate surface area is 195 Å². The second-order valence-corrected chi connectivity index (χ2v) is 7.45. The number of nitriles is 1. The number of hydrogen-bond donors (Lipinski definition) is 3. The fourth-order valence-corrected chi connectivity index (χ4v) is 3.25. The second kappa shape index (κ2) is 10.2. The monoisotopic (exact) mass is 453 g/mol. The predicted octanol–water partition coefficient (Wildman–Crippen LogP) is 3.67. The van der Waals surface area contributed by atoms with Crippen LogP contribution >= 0.6 is 0 Å². The zero-order chi connectivity index (χ0) is 23.9. The molecule has 34 heavy (non-hydrogen) atoms. The highest BCUT2D eigenvalue weighted by Gasteiger charge is 2.14. The molecule has 0 fully saturated rings. The topological polar surface area (TPSA) is 130 Å². The van der Waals surface area contributed by atoms with Crippen molar-refractivity contribution in [3.05, 3.63) is 101 Å². The molecule has 0 saturated carbocycles. The molecule has 4 aromatic rings. The molecule has 3 heterocycles. The molecule has 0 bridgehead atoms. The lowest BCUT2D eigenvalue weighted by atomic mass is 10.1. The summed E-state index contributed by atoms with van der Waals surface area (Å²) in [7, 11) is 0. The number of hydrogen-bond acceptors (Lipinski definition) is 7. The van der Waals surface area contributed by atoms with E-state index >= 15 is 0 Å². The van der Waals surface area contributed by atoms with Crippen molar-refractivity contribution in [3.63, 3.8) is 0 Å². The summed E-state index contributed by atoms with van der Waals surface area (Å²) in [5.41, 5.74) is 9.55. The van der Waals surface area contributed by atoms with Crippen LogP contribution < -0.4 is 16.4 Å². The summed E-state index contributed by atoms with van der Waals surface area (Å²) in [4.78, 5) is 24.9. The Bertz CT molecular complexity index is 1350. The summed E-state index contributed by atoms with van der Waals surface area (Å²) < 4.78 is 13.3. The highest BCUT2D eigenvalue weighted by molar-refractivity contribution is 5.99. The van der Waals surface area contributed by atoms with Gasteiger partial charge in [-0.1, -0.05) is 24.3 Å². The molecule has 0 spiro atoms. The molecule has 0 aliphatic rings. The zero-order valence-electron chi connectivity index (χ0n) is 18.0. The maximum absolute atomic E-state index is 13.3. The molecule has 0 aliphatic heterocycles. The molecule has 1 amide bonds. The largest absolute Gasteiger partial charge is 0.384 e. The van der Waals surface area contributed by atoms with Crippen molar-refractivity contribution >= 4 is 17.5 Å². The van der Waals surface area contributed by atoms with Crippen LogP contribution in [0.25, 0.3) is 11.1 Å². The minimum atomic E-state index is -0.485. The van der Waals surface area contributed by atoms with Crippen LogP contribution in [0.1, 0.15) is 27.0 Å². The van der Waals surface area contributed by atoms with Crippen LogP contribution in [-0.2, 0) is 13.1 Å². The average molecular weight is 453 g/mol.